The first-order chi connectivity index (χ1) is 13.8. The SMILES string of the molecule is O=C(N[C@@H](CCn1ccnc1)c1ccccc1)c1ccnc(-n2cnnc2)c1. The summed E-state index contributed by atoms with van der Waals surface area (Å²) in [5, 5.41) is 10.7. The van der Waals surface area contributed by atoms with E-state index < -0.39 is 0 Å². The lowest BCUT2D eigenvalue weighted by Gasteiger charge is -2.20. The molecule has 8 nitrogen and oxygen atoms in total. The topological polar surface area (TPSA) is 90.5 Å². The first kappa shape index (κ1) is 17.6. The van der Waals surface area contributed by atoms with Crippen molar-refractivity contribution in [1.82, 2.24) is 34.6 Å². The van der Waals surface area contributed by atoms with Gasteiger partial charge in [-0.1, -0.05) is 30.3 Å². The van der Waals surface area contributed by atoms with Crippen molar-refractivity contribution in [2.75, 3.05) is 0 Å². The first-order valence-electron chi connectivity index (χ1n) is 8.92. The number of carbonyl (C=O) groups is 1. The van der Waals surface area contributed by atoms with E-state index in [2.05, 4.69) is 25.5 Å². The van der Waals surface area contributed by atoms with Gasteiger partial charge in [0.15, 0.2) is 0 Å². The molecular weight excluding hydrogens is 354 g/mol. The monoisotopic (exact) mass is 373 g/mol. The van der Waals surface area contributed by atoms with E-state index in [1.807, 2.05) is 41.1 Å². The van der Waals surface area contributed by atoms with Gasteiger partial charge in [-0.05, 0) is 24.1 Å². The number of hydrogen-bond donors (Lipinski definition) is 1. The van der Waals surface area contributed by atoms with Crippen molar-refractivity contribution in [2.45, 2.75) is 19.0 Å². The van der Waals surface area contributed by atoms with Crippen molar-refractivity contribution in [3.8, 4) is 5.82 Å². The van der Waals surface area contributed by atoms with E-state index in [4.69, 9.17) is 0 Å². The summed E-state index contributed by atoms with van der Waals surface area (Å²) in [7, 11) is 0. The summed E-state index contributed by atoms with van der Waals surface area (Å²) in [6.45, 7) is 0.752. The maximum Gasteiger partial charge on any atom is 0.251 e. The Balaban J connectivity index is 1.52. The van der Waals surface area contributed by atoms with Crippen LogP contribution in [-0.2, 0) is 6.54 Å². The molecule has 8 heteroatoms. The Morgan fingerprint density at radius 2 is 1.86 bits per heavy atom. The number of aromatic nitrogens is 6. The van der Waals surface area contributed by atoms with Crippen LogP contribution in [0, 0.1) is 0 Å². The Bertz CT molecular complexity index is 1010. The summed E-state index contributed by atoms with van der Waals surface area (Å²) in [6, 6.07) is 13.2. The number of nitrogens with zero attached hydrogens (tertiary/aromatic N) is 6. The molecular formula is C20H19N7O. The summed E-state index contributed by atoms with van der Waals surface area (Å²) < 4.78 is 3.66. The Hall–Kier alpha value is -3.81. The van der Waals surface area contributed by atoms with Crippen LogP contribution < -0.4 is 5.32 Å². The lowest BCUT2D eigenvalue weighted by atomic mass is 10.0. The number of pyridine rings is 1. The van der Waals surface area contributed by atoms with Gasteiger partial charge in [-0.25, -0.2) is 9.97 Å². The summed E-state index contributed by atoms with van der Waals surface area (Å²) >= 11 is 0. The second-order valence-corrected chi connectivity index (χ2v) is 6.30. The fourth-order valence-electron chi connectivity index (χ4n) is 2.97. The fourth-order valence-corrected chi connectivity index (χ4v) is 2.97. The van der Waals surface area contributed by atoms with Crippen molar-refractivity contribution in [1.29, 1.82) is 0 Å². The highest BCUT2D eigenvalue weighted by Crippen LogP contribution is 2.19. The Kier molecular flexibility index (Phi) is 5.19. The molecule has 3 aromatic heterocycles. The van der Waals surface area contributed by atoms with Crippen LogP contribution in [-0.4, -0.2) is 35.2 Å². The van der Waals surface area contributed by atoms with Gasteiger partial charge in [-0.2, -0.15) is 0 Å². The van der Waals surface area contributed by atoms with Crippen molar-refractivity contribution < 1.29 is 4.79 Å². The molecule has 0 aliphatic heterocycles. The Morgan fingerprint density at radius 3 is 2.61 bits per heavy atom. The van der Waals surface area contributed by atoms with Gasteiger partial charge in [0.05, 0.1) is 12.4 Å². The molecule has 0 radical (unpaired) electrons. The smallest absolute Gasteiger partial charge is 0.251 e. The molecule has 4 rings (SSSR count). The second-order valence-electron chi connectivity index (χ2n) is 6.30. The van der Waals surface area contributed by atoms with E-state index in [1.54, 1.807) is 48.1 Å². The minimum Gasteiger partial charge on any atom is -0.345 e. The van der Waals surface area contributed by atoms with Gasteiger partial charge < -0.3 is 9.88 Å². The third-order valence-corrected chi connectivity index (χ3v) is 4.43. The molecule has 1 aromatic carbocycles. The average Bonchev–Trinajstić information content (AvgIpc) is 3.46. The molecule has 1 atom stereocenters. The summed E-state index contributed by atoms with van der Waals surface area (Å²) in [5.41, 5.74) is 1.59. The zero-order valence-corrected chi connectivity index (χ0v) is 15.1. The number of aryl methyl sites for hydroxylation is 1. The molecule has 0 unspecified atom stereocenters. The van der Waals surface area contributed by atoms with Crippen LogP contribution in [0.15, 0.2) is 80.0 Å². The van der Waals surface area contributed by atoms with Crippen LogP contribution in [0.3, 0.4) is 0 Å². The number of carbonyl (C=O) groups excluding carboxylic acids is 1. The largest absolute Gasteiger partial charge is 0.345 e. The van der Waals surface area contributed by atoms with E-state index in [9.17, 15) is 4.79 Å². The number of imidazole rings is 1. The van der Waals surface area contributed by atoms with Crippen molar-refractivity contribution in [3.63, 3.8) is 0 Å². The zero-order chi connectivity index (χ0) is 19.2. The summed E-state index contributed by atoms with van der Waals surface area (Å²) in [4.78, 5) is 21.2. The molecule has 4 aromatic rings. The lowest BCUT2D eigenvalue weighted by molar-refractivity contribution is 0.0933. The number of benzene rings is 1. The summed E-state index contributed by atoms with van der Waals surface area (Å²) in [6.07, 6.45) is 10.9. The quantitative estimate of drug-likeness (QED) is 0.537. The number of nitrogens with one attached hydrogen (secondary N) is 1. The molecule has 1 N–H and O–H groups in total. The first-order valence-corrected chi connectivity index (χ1v) is 8.92. The van der Waals surface area contributed by atoms with Gasteiger partial charge in [-0.15, -0.1) is 10.2 Å². The standard InChI is InChI=1S/C20H19N7O/c28-20(17-6-8-22-19(12-17)27-14-23-24-15-27)25-18(16-4-2-1-3-5-16)7-10-26-11-9-21-13-26/h1-6,8-9,11-15,18H,7,10H2,(H,25,28)/t18-/m0/s1. The van der Waals surface area contributed by atoms with Crippen LogP contribution in [0.5, 0.6) is 0 Å². The molecule has 0 saturated carbocycles. The minimum atomic E-state index is -0.156. The Labute approximate surface area is 161 Å². The second kappa shape index (κ2) is 8.26. The maximum absolute atomic E-state index is 12.9. The molecule has 0 fully saturated rings. The zero-order valence-electron chi connectivity index (χ0n) is 15.1. The average molecular weight is 373 g/mol. The molecule has 0 saturated heterocycles. The van der Waals surface area contributed by atoms with E-state index in [-0.39, 0.29) is 11.9 Å². The highest BCUT2D eigenvalue weighted by Gasteiger charge is 2.16. The minimum absolute atomic E-state index is 0.123. The maximum atomic E-state index is 12.9. The molecule has 3 heterocycles. The van der Waals surface area contributed by atoms with Gasteiger partial charge in [0, 0.05) is 30.7 Å². The van der Waals surface area contributed by atoms with E-state index in [0.717, 1.165) is 18.5 Å². The normalized spacial score (nSPS) is 11.9. The van der Waals surface area contributed by atoms with Crippen molar-refractivity contribution in [3.05, 3.63) is 91.2 Å². The lowest BCUT2D eigenvalue weighted by Crippen LogP contribution is -2.29. The number of rotatable bonds is 7. The highest BCUT2D eigenvalue weighted by atomic mass is 16.1. The van der Waals surface area contributed by atoms with Gasteiger partial charge in [0.2, 0.25) is 0 Å². The Morgan fingerprint density at radius 1 is 1.04 bits per heavy atom. The van der Waals surface area contributed by atoms with E-state index >= 15 is 0 Å². The van der Waals surface area contributed by atoms with E-state index in [0.29, 0.717) is 11.4 Å². The molecule has 0 aliphatic rings. The third-order valence-electron chi connectivity index (χ3n) is 4.43. The predicted molar refractivity (Wildman–Crippen MR) is 103 cm³/mol. The summed E-state index contributed by atoms with van der Waals surface area (Å²) in [5.74, 6) is 0.434. The van der Waals surface area contributed by atoms with Crippen LogP contribution in [0.25, 0.3) is 5.82 Å². The van der Waals surface area contributed by atoms with Crippen molar-refractivity contribution >= 4 is 5.91 Å². The van der Waals surface area contributed by atoms with Crippen LogP contribution in [0.4, 0.5) is 0 Å². The number of hydrogen-bond acceptors (Lipinski definition) is 5. The van der Waals surface area contributed by atoms with Crippen LogP contribution in [0.2, 0.25) is 0 Å². The molecule has 28 heavy (non-hydrogen) atoms. The molecule has 1 amide bonds. The van der Waals surface area contributed by atoms with Crippen LogP contribution >= 0.6 is 0 Å². The highest BCUT2D eigenvalue weighted by molar-refractivity contribution is 5.94. The molecule has 0 spiro atoms. The van der Waals surface area contributed by atoms with Gasteiger partial charge in [0.1, 0.15) is 18.5 Å². The van der Waals surface area contributed by atoms with Gasteiger partial charge in [0.25, 0.3) is 5.91 Å². The molecule has 140 valence electrons. The fraction of sp³-hybridized carbons (Fsp3) is 0.150. The van der Waals surface area contributed by atoms with Crippen LogP contribution in [0.1, 0.15) is 28.4 Å². The van der Waals surface area contributed by atoms with Gasteiger partial charge in [-0.3, -0.25) is 9.36 Å². The number of amides is 1. The molecule has 0 aliphatic carbocycles. The molecule has 0 bridgehead atoms. The van der Waals surface area contributed by atoms with Crippen molar-refractivity contribution in [2.24, 2.45) is 0 Å². The third kappa shape index (κ3) is 4.12. The van der Waals surface area contributed by atoms with Gasteiger partial charge >= 0.3 is 0 Å². The van der Waals surface area contributed by atoms with E-state index in [1.165, 1.54) is 0 Å². The predicted octanol–water partition coefficient (Wildman–Crippen LogP) is 2.42.